The number of aliphatic imine (C=N–C) groups is 1. The lowest BCUT2D eigenvalue weighted by Gasteiger charge is -2.32. The van der Waals surface area contributed by atoms with Crippen LogP contribution in [-0.2, 0) is 11.0 Å². The minimum atomic E-state index is -4.48. The van der Waals surface area contributed by atoms with Crippen LogP contribution in [-0.4, -0.2) is 41.7 Å². The molecule has 0 radical (unpaired) electrons. The van der Waals surface area contributed by atoms with Crippen LogP contribution in [0.5, 0.6) is 5.75 Å². The lowest BCUT2D eigenvalue weighted by Crippen LogP contribution is -2.38. The first kappa shape index (κ1) is 24.0. The van der Waals surface area contributed by atoms with E-state index >= 15 is 0 Å². The number of aromatic nitrogens is 1. The van der Waals surface area contributed by atoms with Crippen LogP contribution in [0.1, 0.15) is 25.5 Å². The number of alkyl halides is 3. The predicted octanol–water partition coefficient (Wildman–Crippen LogP) is 4.13. The van der Waals surface area contributed by atoms with Crippen molar-refractivity contribution in [2.24, 2.45) is 10.9 Å². The molecular formula is C21H24F3N3O2. The molecule has 2 rings (SSSR count). The predicted molar refractivity (Wildman–Crippen MR) is 106 cm³/mol. The Bertz CT molecular complexity index is 745. The van der Waals surface area contributed by atoms with E-state index in [0.29, 0.717) is 13.1 Å². The highest BCUT2D eigenvalue weighted by atomic mass is 19.4. The summed E-state index contributed by atoms with van der Waals surface area (Å²) in [5.74, 6) is 0.358. The summed E-state index contributed by atoms with van der Waals surface area (Å²) in [4.78, 5) is 21.0. The van der Waals surface area contributed by atoms with E-state index in [0.717, 1.165) is 30.7 Å². The van der Waals surface area contributed by atoms with Crippen LogP contribution >= 0.6 is 0 Å². The molecule has 29 heavy (non-hydrogen) atoms. The number of carbonyl (C=O) groups is 1. The number of likely N-dealkylation sites (tertiary alicyclic amines) is 1. The molecule has 1 amide bonds. The molecule has 0 unspecified atom stereocenters. The number of carbonyl (C=O) groups excluding carboxylic acids is 1. The van der Waals surface area contributed by atoms with Gasteiger partial charge in [-0.2, -0.15) is 13.2 Å². The van der Waals surface area contributed by atoms with Crippen LogP contribution < -0.4 is 4.74 Å². The van der Waals surface area contributed by atoms with Crippen LogP contribution in [0.3, 0.4) is 0 Å². The zero-order chi connectivity index (χ0) is 21.9. The summed E-state index contributed by atoms with van der Waals surface area (Å²) in [6.45, 7) is 6.72. The van der Waals surface area contributed by atoms with Gasteiger partial charge in [0, 0.05) is 25.5 Å². The maximum atomic E-state index is 12.6. The van der Waals surface area contributed by atoms with E-state index in [4.69, 9.17) is 4.74 Å². The molecule has 0 N–H and O–H groups in total. The van der Waals surface area contributed by atoms with E-state index in [1.807, 2.05) is 0 Å². The van der Waals surface area contributed by atoms with Gasteiger partial charge in [-0.25, -0.2) is 4.98 Å². The Hall–Kier alpha value is -3.08. The Morgan fingerprint density at radius 2 is 2.03 bits per heavy atom. The standard InChI is InChI=1S/C19H22F3N3O2.C2H2/c1-3-18(26)25-9-7-14(8-10-25)15(11-23-4-2)13-27-16-5-6-17(24-12-16)19(20,21)22;1-2/h3-6,11-12,14H,1,7-10,13H2,2H3;1-2H/b15-11+,23-4?;. The molecule has 1 saturated heterocycles. The van der Waals surface area contributed by atoms with Crippen molar-refractivity contribution in [1.29, 1.82) is 0 Å². The molecule has 1 aliphatic heterocycles. The minimum Gasteiger partial charge on any atom is -0.488 e. The van der Waals surface area contributed by atoms with Crippen LogP contribution in [0, 0.1) is 18.8 Å². The summed E-state index contributed by atoms with van der Waals surface area (Å²) in [5.41, 5.74) is -0.0286. The second kappa shape index (κ2) is 11.7. The lowest BCUT2D eigenvalue weighted by molar-refractivity contribution is -0.141. The zero-order valence-corrected chi connectivity index (χ0v) is 16.2. The molecule has 0 bridgehead atoms. The van der Waals surface area contributed by atoms with Crippen molar-refractivity contribution in [1.82, 2.24) is 9.88 Å². The number of halogens is 3. The second-order valence-electron chi connectivity index (χ2n) is 6.08. The maximum absolute atomic E-state index is 12.6. The number of piperidine rings is 1. The first-order valence-corrected chi connectivity index (χ1v) is 8.92. The fourth-order valence-electron chi connectivity index (χ4n) is 2.83. The fraction of sp³-hybridized carbons (Fsp3) is 0.381. The second-order valence-corrected chi connectivity index (χ2v) is 6.08. The first-order valence-electron chi connectivity index (χ1n) is 8.92. The molecule has 0 saturated carbocycles. The van der Waals surface area contributed by atoms with Crippen molar-refractivity contribution in [3.63, 3.8) is 0 Å². The van der Waals surface area contributed by atoms with E-state index in [1.165, 1.54) is 12.1 Å². The van der Waals surface area contributed by atoms with E-state index in [1.54, 1.807) is 24.2 Å². The number of hydrogen-bond donors (Lipinski definition) is 0. The number of amides is 1. The van der Waals surface area contributed by atoms with Gasteiger partial charge in [-0.1, -0.05) is 6.58 Å². The molecule has 2 heterocycles. The van der Waals surface area contributed by atoms with Gasteiger partial charge in [-0.15, -0.1) is 12.8 Å². The van der Waals surface area contributed by atoms with Crippen molar-refractivity contribution >= 4 is 12.1 Å². The lowest BCUT2D eigenvalue weighted by atomic mass is 9.90. The highest BCUT2D eigenvalue weighted by Crippen LogP contribution is 2.29. The maximum Gasteiger partial charge on any atom is 0.433 e. The molecule has 1 aromatic rings. The normalized spacial score (nSPS) is 15.5. The van der Waals surface area contributed by atoms with Crippen molar-refractivity contribution in [3.8, 4) is 18.6 Å². The number of terminal acetylenes is 1. The molecule has 1 aliphatic rings. The molecule has 0 spiro atoms. The number of pyridine rings is 1. The smallest absolute Gasteiger partial charge is 0.433 e. The molecule has 1 aromatic heterocycles. The van der Waals surface area contributed by atoms with E-state index < -0.39 is 11.9 Å². The summed E-state index contributed by atoms with van der Waals surface area (Å²) in [7, 11) is 0. The van der Waals surface area contributed by atoms with Crippen LogP contribution in [0.2, 0.25) is 0 Å². The third-order valence-corrected chi connectivity index (χ3v) is 4.33. The first-order chi connectivity index (χ1) is 13.8. The average Bonchev–Trinajstić information content (AvgIpc) is 2.74. The number of rotatable bonds is 6. The summed E-state index contributed by atoms with van der Waals surface area (Å²) in [6, 6.07) is 2.14. The Labute approximate surface area is 169 Å². The number of nitrogens with zero attached hydrogens (tertiary/aromatic N) is 3. The fourth-order valence-corrected chi connectivity index (χ4v) is 2.83. The summed E-state index contributed by atoms with van der Waals surface area (Å²) in [6.07, 6.45) is 10.8. The molecule has 0 aromatic carbocycles. The third-order valence-electron chi connectivity index (χ3n) is 4.33. The third kappa shape index (κ3) is 7.45. The van der Waals surface area contributed by atoms with E-state index in [9.17, 15) is 18.0 Å². The SMILES string of the molecule is C#C.C=CC(=O)N1CCC(/C(=C/N=CC)COc2ccc(C(F)(F)F)nc2)CC1. The van der Waals surface area contributed by atoms with Crippen molar-refractivity contribution in [2.45, 2.75) is 25.9 Å². The van der Waals surface area contributed by atoms with Gasteiger partial charge in [0.15, 0.2) is 0 Å². The van der Waals surface area contributed by atoms with Gasteiger partial charge in [0.2, 0.25) is 5.91 Å². The van der Waals surface area contributed by atoms with Gasteiger partial charge in [-0.3, -0.25) is 9.79 Å². The molecular weight excluding hydrogens is 383 g/mol. The zero-order valence-electron chi connectivity index (χ0n) is 16.2. The topological polar surface area (TPSA) is 54.8 Å². The molecule has 5 nitrogen and oxygen atoms in total. The van der Waals surface area contributed by atoms with Gasteiger partial charge >= 0.3 is 6.18 Å². The van der Waals surface area contributed by atoms with Gasteiger partial charge in [0.05, 0.1) is 6.20 Å². The average molecular weight is 407 g/mol. The number of hydrogen-bond acceptors (Lipinski definition) is 4. The largest absolute Gasteiger partial charge is 0.488 e. The highest BCUT2D eigenvalue weighted by molar-refractivity contribution is 5.87. The Morgan fingerprint density at radius 1 is 1.38 bits per heavy atom. The van der Waals surface area contributed by atoms with E-state index in [2.05, 4.69) is 29.4 Å². The van der Waals surface area contributed by atoms with Gasteiger partial charge in [0.1, 0.15) is 18.1 Å². The van der Waals surface area contributed by atoms with Crippen LogP contribution in [0.4, 0.5) is 13.2 Å². The van der Waals surface area contributed by atoms with Crippen molar-refractivity contribution < 1.29 is 22.7 Å². The highest BCUT2D eigenvalue weighted by Gasteiger charge is 2.32. The Morgan fingerprint density at radius 3 is 2.52 bits per heavy atom. The molecule has 0 aliphatic carbocycles. The molecule has 156 valence electrons. The minimum absolute atomic E-state index is 0.0855. The number of ether oxygens (including phenoxy) is 1. The Balaban J connectivity index is 0.00000204. The molecule has 8 heteroatoms. The monoisotopic (exact) mass is 407 g/mol. The van der Waals surface area contributed by atoms with Crippen molar-refractivity contribution in [2.75, 3.05) is 19.7 Å². The molecule has 1 fully saturated rings. The van der Waals surface area contributed by atoms with E-state index in [-0.39, 0.29) is 24.2 Å². The summed E-state index contributed by atoms with van der Waals surface area (Å²) < 4.78 is 43.3. The van der Waals surface area contributed by atoms with Gasteiger partial charge in [-0.05, 0) is 49.5 Å². The Kier molecular flexibility index (Phi) is 9.66. The van der Waals surface area contributed by atoms with Crippen LogP contribution in [0.15, 0.2) is 47.7 Å². The van der Waals surface area contributed by atoms with Gasteiger partial charge < -0.3 is 9.64 Å². The van der Waals surface area contributed by atoms with Crippen molar-refractivity contribution in [3.05, 3.63) is 48.5 Å². The summed E-state index contributed by atoms with van der Waals surface area (Å²) in [5, 5.41) is 0. The van der Waals surface area contributed by atoms with Gasteiger partial charge in [0.25, 0.3) is 0 Å². The molecule has 0 atom stereocenters. The summed E-state index contributed by atoms with van der Waals surface area (Å²) >= 11 is 0. The van der Waals surface area contributed by atoms with Crippen LogP contribution in [0.25, 0.3) is 0 Å². The quantitative estimate of drug-likeness (QED) is 0.405.